The van der Waals surface area contributed by atoms with Gasteiger partial charge in [-0.25, -0.2) is 8.42 Å². The van der Waals surface area contributed by atoms with Crippen molar-refractivity contribution < 1.29 is 13.3 Å². The average molecular weight is 415 g/mol. The van der Waals surface area contributed by atoms with Crippen molar-refractivity contribution in [3.8, 4) is 0 Å². The topological polar surface area (TPSA) is 77.3 Å². The minimum atomic E-state index is -3.58. The third-order valence-corrected chi connectivity index (χ3v) is 7.16. The molecule has 0 amide bonds. The van der Waals surface area contributed by atoms with Crippen LogP contribution in [0.3, 0.4) is 0 Å². The summed E-state index contributed by atoms with van der Waals surface area (Å²) in [5, 5.41) is 8.11. The zero-order valence-electron chi connectivity index (χ0n) is 16.9. The largest absolute Gasteiger partial charge is 0.390 e. The van der Waals surface area contributed by atoms with E-state index in [0.29, 0.717) is 42.6 Å². The van der Waals surface area contributed by atoms with Crippen LogP contribution < -0.4 is 4.84 Å². The van der Waals surface area contributed by atoms with Gasteiger partial charge in [0.25, 0.3) is 0 Å². The first kappa shape index (κ1) is 19.8. The second-order valence-electron chi connectivity index (χ2n) is 8.14. The number of sulfonamides is 1. The number of hydrogen-bond acceptors (Lipinski definition) is 5. The van der Waals surface area contributed by atoms with Crippen molar-refractivity contribution in [2.45, 2.75) is 38.7 Å². The number of hydrogen-bond donors (Lipinski definition) is 0. The summed E-state index contributed by atoms with van der Waals surface area (Å²) in [6, 6.07) is 12.9. The predicted octanol–water partition coefficient (Wildman–Crippen LogP) is 3.04. The first-order chi connectivity index (χ1) is 13.8. The van der Waals surface area contributed by atoms with Gasteiger partial charge in [0, 0.05) is 13.1 Å². The van der Waals surface area contributed by atoms with Crippen molar-refractivity contribution in [1.82, 2.24) is 19.5 Å². The van der Waals surface area contributed by atoms with Crippen LogP contribution in [0.5, 0.6) is 0 Å². The Balaban J connectivity index is 1.60. The molecule has 0 radical (unpaired) electrons. The Morgan fingerprint density at radius 3 is 2.45 bits per heavy atom. The maximum atomic E-state index is 13.2. The molecule has 0 bridgehead atoms. The molecule has 3 aromatic rings. The van der Waals surface area contributed by atoms with Crippen LogP contribution in [-0.2, 0) is 16.6 Å². The molecule has 2 atom stereocenters. The highest BCUT2D eigenvalue weighted by molar-refractivity contribution is 7.89. The van der Waals surface area contributed by atoms with Crippen LogP contribution >= 0.6 is 0 Å². The zero-order valence-corrected chi connectivity index (χ0v) is 17.8. The van der Waals surface area contributed by atoms with E-state index in [2.05, 4.69) is 24.2 Å². The number of rotatable bonds is 5. The van der Waals surface area contributed by atoms with Crippen LogP contribution in [0.25, 0.3) is 11.0 Å². The molecule has 0 spiro atoms. The molecule has 1 aliphatic rings. The smallest absolute Gasteiger partial charge is 0.243 e. The SMILES string of the molecule is Cc1ccc(COn2nnc3ccc(S(=O)(=O)N4C[C@H](C)C[C@H](C)C4)cc32)cc1. The van der Waals surface area contributed by atoms with E-state index in [1.165, 1.54) is 10.4 Å². The second-order valence-corrected chi connectivity index (χ2v) is 10.1. The Hall–Kier alpha value is -2.45. The predicted molar refractivity (Wildman–Crippen MR) is 111 cm³/mol. The molecule has 1 aromatic heterocycles. The molecule has 0 aliphatic carbocycles. The van der Waals surface area contributed by atoms with Crippen molar-refractivity contribution in [2.75, 3.05) is 13.1 Å². The van der Waals surface area contributed by atoms with Crippen molar-refractivity contribution >= 4 is 21.1 Å². The number of aromatic nitrogens is 3. The van der Waals surface area contributed by atoms with E-state index in [1.807, 2.05) is 31.2 Å². The van der Waals surface area contributed by atoms with Gasteiger partial charge in [0.15, 0.2) is 0 Å². The maximum Gasteiger partial charge on any atom is 0.243 e. The van der Waals surface area contributed by atoms with Crippen molar-refractivity contribution in [3.05, 3.63) is 53.6 Å². The van der Waals surface area contributed by atoms with E-state index in [1.54, 1.807) is 22.5 Å². The first-order valence-corrected chi connectivity index (χ1v) is 11.3. The van der Waals surface area contributed by atoms with Gasteiger partial charge in [0.1, 0.15) is 17.6 Å². The summed E-state index contributed by atoms with van der Waals surface area (Å²) in [5.74, 6) is 0.699. The van der Waals surface area contributed by atoms with E-state index in [-0.39, 0.29) is 4.90 Å². The van der Waals surface area contributed by atoms with Crippen LogP contribution in [-0.4, -0.2) is 41.0 Å². The maximum absolute atomic E-state index is 13.2. The Kier molecular flexibility index (Phi) is 5.31. The van der Waals surface area contributed by atoms with Gasteiger partial charge >= 0.3 is 0 Å². The summed E-state index contributed by atoms with van der Waals surface area (Å²) in [4.78, 5) is 7.31. The van der Waals surface area contributed by atoms with Gasteiger partial charge in [-0.3, -0.25) is 0 Å². The lowest BCUT2D eigenvalue weighted by Gasteiger charge is -2.34. The van der Waals surface area contributed by atoms with Gasteiger partial charge in [0.05, 0.1) is 4.90 Å². The molecule has 1 saturated heterocycles. The molecular formula is C21H26N4O3S. The van der Waals surface area contributed by atoms with Gasteiger partial charge < -0.3 is 4.84 Å². The molecule has 0 saturated carbocycles. The molecule has 8 heteroatoms. The summed E-state index contributed by atoms with van der Waals surface area (Å²) in [7, 11) is -3.58. The summed E-state index contributed by atoms with van der Waals surface area (Å²) < 4.78 is 28.0. The minimum absolute atomic E-state index is 0.244. The standard InChI is InChI=1S/C21H26N4O3S/c1-15-4-6-18(7-5-15)14-28-25-21-11-19(8-9-20(21)22-23-25)29(26,27)24-12-16(2)10-17(3)13-24/h4-9,11,16-17H,10,12-14H2,1-3H3/t16-,17+. The fourth-order valence-electron chi connectivity index (χ4n) is 3.90. The Morgan fingerprint density at radius 1 is 1.07 bits per heavy atom. The molecule has 7 nitrogen and oxygen atoms in total. The number of benzene rings is 2. The average Bonchev–Trinajstić information content (AvgIpc) is 3.09. The molecule has 1 aliphatic heterocycles. The van der Waals surface area contributed by atoms with Crippen molar-refractivity contribution in [3.63, 3.8) is 0 Å². The van der Waals surface area contributed by atoms with Crippen LogP contribution in [0.15, 0.2) is 47.4 Å². The van der Waals surface area contributed by atoms with Crippen molar-refractivity contribution in [2.24, 2.45) is 11.8 Å². The molecule has 154 valence electrons. The summed E-state index contributed by atoms with van der Waals surface area (Å²) in [5.41, 5.74) is 3.31. The highest BCUT2D eigenvalue weighted by Crippen LogP contribution is 2.27. The lowest BCUT2D eigenvalue weighted by Crippen LogP contribution is -2.42. The van der Waals surface area contributed by atoms with E-state index >= 15 is 0 Å². The van der Waals surface area contributed by atoms with Gasteiger partial charge in [-0.1, -0.05) is 48.5 Å². The van der Waals surface area contributed by atoms with Gasteiger partial charge in [-0.05, 0) is 54.2 Å². The zero-order chi connectivity index (χ0) is 20.6. The van der Waals surface area contributed by atoms with Crippen molar-refractivity contribution in [1.29, 1.82) is 0 Å². The molecule has 2 aromatic carbocycles. The molecular weight excluding hydrogens is 388 g/mol. The quantitative estimate of drug-likeness (QED) is 0.641. The lowest BCUT2D eigenvalue weighted by molar-refractivity contribution is 0.0751. The van der Waals surface area contributed by atoms with Crippen LogP contribution in [0, 0.1) is 18.8 Å². The van der Waals surface area contributed by atoms with E-state index < -0.39 is 10.0 Å². The number of fused-ring (bicyclic) bond motifs is 1. The van der Waals surface area contributed by atoms with Crippen LogP contribution in [0.2, 0.25) is 0 Å². The molecule has 1 fully saturated rings. The van der Waals surface area contributed by atoms with Crippen LogP contribution in [0.1, 0.15) is 31.4 Å². The number of aryl methyl sites for hydroxylation is 1. The fourth-order valence-corrected chi connectivity index (χ4v) is 5.61. The first-order valence-electron chi connectivity index (χ1n) is 9.87. The molecule has 2 heterocycles. The fraction of sp³-hybridized carbons (Fsp3) is 0.429. The number of nitrogens with zero attached hydrogens (tertiary/aromatic N) is 4. The highest BCUT2D eigenvalue weighted by atomic mass is 32.2. The van der Waals surface area contributed by atoms with E-state index in [0.717, 1.165) is 12.0 Å². The molecule has 4 rings (SSSR count). The summed E-state index contributed by atoms with van der Waals surface area (Å²) >= 11 is 0. The Morgan fingerprint density at radius 2 is 1.76 bits per heavy atom. The molecule has 29 heavy (non-hydrogen) atoms. The summed E-state index contributed by atoms with van der Waals surface area (Å²) in [6.45, 7) is 7.63. The van der Waals surface area contributed by atoms with Gasteiger partial charge in [-0.2, -0.15) is 4.31 Å². The normalized spacial score (nSPS) is 20.8. The third-order valence-electron chi connectivity index (χ3n) is 5.33. The van der Waals surface area contributed by atoms with Gasteiger partial charge in [0.2, 0.25) is 10.0 Å². The van der Waals surface area contributed by atoms with Gasteiger partial charge in [-0.15, -0.1) is 5.10 Å². The third kappa shape index (κ3) is 4.13. The molecule has 0 N–H and O–H groups in total. The van der Waals surface area contributed by atoms with Crippen LogP contribution in [0.4, 0.5) is 0 Å². The summed E-state index contributed by atoms with van der Waals surface area (Å²) in [6.07, 6.45) is 1.05. The van der Waals surface area contributed by atoms with E-state index in [9.17, 15) is 8.42 Å². The number of piperidine rings is 1. The Labute approximate surface area is 171 Å². The lowest BCUT2D eigenvalue weighted by atomic mass is 9.94. The minimum Gasteiger partial charge on any atom is -0.390 e. The Bertz CT molecular complexity index is 1100. The van der Waals surface area contributed by atoms with E-state index in [4.69, 9.17) is 4.84 Å². The second kappa shape index (κ2) is 7.76. The molecule has 0 unspecified atom stereocenters. The highest BCUT2D eigenvalue weighted by Gasteiger charge is 2.32. The monoisotopic (exact) mass is 414 g/mol.